The quantitative estimate of drug-likeness (QED) is 0.657. The van der Waals surface area contributed by atoms with Crippen molar-refractivity contribution < 1.29 is 22.3 Å². The summed E-state index contributed by atoms with van der Waals surface area (Å²) in [6.07, 6.45) is 0.706. The van der Waals surface area contributed by atoms with Crippen LogP contribution in [0.3, 0.4) is 0 Å². The molecule has 0 N–H and O–H groups in total. The lowest BCUT2D eigenvalue weighted by atomic mass is 10.1. The van der Waals surface area contributed by atoms with E-state index < -0.39 is 9.84 Å². The van der Waals surface area contributed by atoms with E-state index in [4.69, 9.17) is 4.74 Å². The van der Waals surface area contributed by atoms with Crippen LogP contribution in [0.15, 0.2) is 53.5 Å². The molecule has 2 aliphatic heterocycles. The fraction of sp³-hybridized carbons (Fsp3) is 0.364. The number of halogens is 1. The molecule has 2 fully saturated rings. The van der Waals surface area contributed by atoms with Gasteiger partial charge in [0.15, 0.2) is 15.0 Å². The second kappa shape index (κ2) is 9.00. The van der Waals surface area contributed by atoms with Crippen LogP contribution in [0.25, 0.3) is 0 Å². The van der Waals surface area contributed by atoms with Crippen LogP contribution in [0.1, 0.15) is 11.1 Å². The van der Waals surface area contributed by atoms with E-state index in [1.807, 2.05) is 23.1 Å². The van der Waals surface area contributed by atoms with Crippen molar-refractivity contribution in [2.45, 2.75) is 24.1 Å². The molecule has 0 aliphatic carbocycles. The van der Waals surface area contributed by atoms with E-state index in [0.29, 0.717) is 23.9 Å². The second-order valence-electron chi connectivity index (χ2n) is 7.65. The van der Waals surface area contributed by atoms with Crippen molar-refractivity contribution in [1.29, 1.82) is 0 Å². The molecule has 1 amide bonds. The summed E-state index contributed by atoms with van der Waals surface area (Å²) in [5.74, 6) is 0.183. The highest BCUT2D eigenvalue weighted by atomic mass is 32.2. The minimum atomic E-state index is -3.10. The van der Waals surface area contributed by atoms with Crippen LogP contribution in [0.2, 0.25) is 0 Å². The van der Waals surface area contributed by atoms with E-state index in [2.05, 4.69) is 4.99 Å². The van der Waals surface area contributed by atoms with Gasteiger partial charge in [-0.1, -0.05) is 42.1 Å². The number of carbonyl (C=O) groups is 1. The molecule has 0 bridgehead atoms. The van der Waals surface area contributed by atoms with Crippen molar-refractivity contribution in [3.05, 3.63) is 65.5 Å². The van der Waals surface area contributed by atoms with Crippen molar-refractivity contribution in [2.24, 2.45) is 4.99 Å². The van der Waals surface area contributed by atoms with Gasteiger partial charge in [0.1, 0.15) is 11.6 Å². The van der Waals surface area contributed by atoms with Crippen LogP contribution < -0.4 is 4.74 Å². The zero-order valence-electron chi connectivity index (χ0n) is 17.0. The fourth-order valence-corrected chi connectivity index (χ4v) is 7.95. The molecule has 31 heavy (non-hydrogen) atoms. The van der Waals surface area contributed by atoms with E-state index in [9.17, 15) is 17.6 Å². The Hall–Kier alpha value is -2.39. The first kappa shape index (κ1) is 21.8. The van der Waals surface area contributed by atoms with Gasteiger partial charge in [-0.05, 0) is 30.2 Å². The van der Waals surface area contributed by atoms with Gasteiger partial charge in [0.05, 0.1) is 31.1 Å². The van der Waals surface area contributed by atoms with Crippen LogP contribution in [0, 0.1) is 5.82 Å². The van der Waals surface area contributed by atoms with E-state index in [1.165, 1.54) is 23.9 Å². The van der Waals surface area contributed by atoms with Crippen molar-refractivity contribution in [1.82, 2.24) is 4.90 Å². The molecule has 2 atom stereocenters. The lowest BCUT2D eigenvalue weighted by molar-refractivity contribution is -0.117. The molecule has 4 rings (SSSR count). The van der Waals surface area contributed by atoms with E-state index in [1.54, 1.807) is 25.3 Å². The van der Waals surface area contributed by atoms with Crippen LogP contribution in [0.4, 0.5) is 4.39 Å². The number of rotatable bonds is 6. The highest BCUT2D eigenvalue weighted by Crippen LogP contribution is 2.38. The molecular weight excluding hydrogens is 439 g/mol. The molecule has 9 heteroatoms. The van der Waals surface area contributed by atoms with E-state index in [0.717, 1.165) is 11.1 Å². The summed E-state index contributed by atoms with van der Waals surface area (Å²) in [6, 6.07) is 13.3. The SMILES string of the molecule is COc1ccccc1CC(=O)N=C1S[C@H]2CS(=O)(=O)C[C@H]2N1CCc1ccc(F)cc1. The zero-order valence-corrected chi connectivity index (χ0v) is 18.7. The maximum Gasteiger partial charge on any atom is 0.252 e. The summed E-state index contributed by atoms with van der Waals surface area (Å²) < 4.78 is 42.8. The number of amides is 1. The average Bonchev–Trinajstić information content (AvgIpc) is 3.19. The van der Waals surface area contributed by atoms with Gasteiger partial charge in [0, 0.05) is 17.4 Å². The molecular formula is C22H23FN2O4S2. The smallest absolute Gasteiger partial charge is 0.252 e. The molecule has 6 nitrogen and oxygen atoms in total. The highest BCUT2D eigenvalue weighted by Gasteiger charge is 2.48. The molecule has 2 heterocycles. The topological polar surface area (TPSA) is 76.0 Å². The molecule has 0 unspecified atom stereocenters. The third-order valence-electron chi connectivity index (χ3n) is 5.48. The number of hydrogen-bond acceptors (Lipinski definition) is 5. The second-order valence-corrected chi connectivity index (χ2v) is 11.0. The fourth-order valence-electron chi connectivity index (χ4n) is 3.96. The van der Waals surface area contributed by atoms with Crippen LogP contribution >= 0.6 is 11.8 Å². The molecule has 2 saturated heterocycles. The van der Waals surface area contributed by atoms with Gasteiger partial charge in [-0.3, -0.25) is 4.79 Å². The minimum Gasteiger partial charge on any atom is -0.496 e. The molecule has 0 radical (unpaired) electrons. The Morgan fingerprint density at radius 2 is 1.94 bits per heavy atom. The summed E-state index contributed by atoms with van der Waals surface area (Å²) in [5, 5.41) is 0.433. The van der Waals surface area contributed by atoms with Crippen molar-refractivity contribution in [3.63, 3.8) is 0 Å². The number of carbonyl (C=O) groups excluding carboxylic acids is 1. The number of ether oxygens (including phenoxy) is 1. The largest absolute Gasteiger partial charge is 0.496 e. The van der Waals surface area contributed by atoms with Crippen LogP contribution in [-0.2, 0) is 27.5 Å². The van der Waals surface area contributed by atoms with Gasteiger partial charge in [-0.15, -0.1) is 0 Å². The number of amidine groups is 1. The molecule has 0 saturated carbocycles. The maximum atomic E-state index is 13.2. The van der Waals surface area contributed by atoms with E-state index >= 15 is 0 Å². The Balaban J connectivity index is 1.52. The summed E-state index contributed by atoms with van der Waals surface area (Å²) >= 11 is 1.36. The first-order chi connectivity index (χ1) is 14.8. The lowest BCUT2D eigenvalue weighted by Gasteiger charge is -2.24. The van der Waals surface area contributed by atoms with Crippen molar-refractivity contribution >= 4 is 32.7 Å². The third-order valence-corrected chi connectivity index (χ3v) is 8.73. The Labute approximate surface area is 185 Å². The van der Waals surface area contributed by atoms with Gasteiger partial charge in [-0.25, -0.2) is 12.8 Å². The predicted octanol–water partition coefficient (Wildman–Crippen LogP) is 2.72. The van der Waals surface area contributed by atoms with Crippen LogP contribution in [-0.4, -0.2) is 60.8 Å². The molecule has 0 spiro atoms. The number of methoxy groups -OCH3 is 1. The first-order valence-electron chi connectivity index (χ1n) is 9.96. The Morgan fingerprint density at radius 3 is 2.68 bits per heavy atom. The molecule has 0 aromatic heterocycles. The summed E-state index contributed by atoms with van der Waals surface area (Å²) in [5.41, 5.74) is 1.69. The maximum absolute atomic E-state index is 13.2. The number of thioether (sulfide) groups is 1. The minimum absolute atomic E-state index is 0.0633. The van der Waals surface area contributed by atoms with Gasteiger partial charge in [0.25, 0.3) is 5.91 Å². The van der Waals surface area contributed by atoms with Crippen molar-refractivity contribution in [2.75, 3.05) is 25.2 Å². The Morgan fingerprint density at radius 1 is 1.19 bits per heavy atom. The number of hydrogen-bond donors (Lipinski definition) is 0. The molecule has 2 aromatic rings. The highest BCUT2D eigenvalue weighted by molar-refractivity contribution is 8.15. The van der Waals surface area contributed by atoms with Crippen molar-refractivity contribution in [3.8, 4) is 5.75 Å². The number of aliphatic imine (C=N–C) groups is 1. The summed E-state index contributed by atoms with van der Waals surface area (Å²) in [4.78, 5) is 19.0. The standard InChI is InChI=1S/C22H23FN2O4S2/c1-29-19-5-3-2-4-16(19)12-21(26)24-22-25(11-10-15-6-8-17(23)9-7-15)18-13-31(27,28)14-20(18)30-22/h2-9,18,20H,10-14H2,1H3/t18-,20+/m1/s1. The van der Waals surface area contributed by atoms with E-state index in [-0.39, 0.29) is 40.9 Å². The molecule has 164 valence electrons. The Kier molecular flexibility index (Phi) is 6.34. The van der Waals surface area contributed by atoms with Gasteiger partial charge >= 0.3 is 0 Å². The zero-order chi connectivity index (χ0) is 22.0. The monoisotopic (exact) mass is 462 g/mol. The molecule has 2 aliphatic rings. The number of para-hydroxylation sites is 1. The Bertz CT molecular complexity index is 1100. The summed E-state index contributed by atoms with van der Waals surface area (Å²) in [7, 11) is -1.55. The summed E-state index contributed by atoms with van der Waals surface area (Å²) in [6.45, 7) is 0.510. The number of nitrogens with zero attached hydrogens (tertiary/aromatic N) is 2. The predicted molar refractivity (Wildman–Crippen MR) is 120 cm³/mol. The van der Waals surface area contributed by atoms with Gasteiger partial charge in [-0.2, -0.15) is 4.99 Å². The van der Waals surface area contributed by atoms with Crippen LogP contribution in [0.5, 0.6) is 5.75 Å². The third kappa shape index (κ3) is 5.10. The number of fused-ring (bicyclic) bond motifs is 1. The number of benzene rings is 2. The normalized spacial score (nSPS) is 23.2. The first-order valence-corrected chi connectivity index (χ1v) is 12.7. The molecule has 2 aromatic carbocycles. The lowest BCUT2D eigenvalue weighted by Crippen LogP contribution is -2.39. The average molecular weight is 463 g/mol. The van der Waals surface area contributed by atoms with Gasteiger partial charge < -0.3 is 9.64 Å². The number of sulfone groups is 1. The van der Waals surface area contributed by atoms with Gasteiger partial charge in [0.2, 0.25) is 0 Å².